The molecule has 0 aliphatic heterocycles. The highest BCUT2D eigenvalue weighted by Crippen LogP contribution is 2.34. The lowest BCUT2D eigenvalue weighted by atomic mass is 10.1. The number of rotatable bonds is 1. The maximum Gasteiger partial charge on any atom is 0.339 e. The Morgan fingerprint density at radius 1 is 1.44 bits per heavy atom. The van der Waals surface area contributed by atoms with Gasteiger partial charge in [0.1, 0.15) is 17.7 Å². The minimum absolute atomic E-state index is 0.353. The molecule has 1 aromatic carbocycles. The SMILES string of the molecule is COC(=O)c1ccc2c3c(oc2c1I)C=[C+]C=C3. The normalized spacial score (nSPS) is 12.3. The van der Waals surface area contributed by atoms with E-state index in [1.165, 1.54) is 7.11 Å². The molecule has 4 heteroatoms. The Labute approximate surface area is 117 Å². The van der Waals surface area contributed by atoms with Crippen LogP contribution >= 0.6 is 22.6 Å². The van der Waals surface area contributed by atoms with Crippen molar-refractivity contribution in [2.24, 2.45) is 0 Å². The van der Waals surface area contributed by atoms with Crippen molar-refractivity contribution in [3.63, 3.8) is 0 Å². The Morgan fingerprint density at radius 2 is 2.28 bits per heavy atom. The second-order valence-corrected chi connectivity index (χ2v) is 4.90. The number of allylic oxidation sites excluding steroid dienone is 2. The molecule has 0 bridgehead atoms. The lowest BCUT2D eigenvalue weighted by Crippen LogP contribution is -2.03. The van der Waals surface area contributed by atoms with E-state index in [2.05, 4.69) is 28.7 Å². The van der Waals surface area contributed by atoms with E-state index >= 15 is 0 Å². The lowest BCUT2D eigenvalue weighted by molar-refractivity contribution is 0.0599. The van der Waals surface area contributed by atoms with Gasteiger partial charge in [0.2, 0.25) is 5.76 Å². The second-order valence-electron chi connectivity index (χ2n) is 3.82. The largest absolute Gasteiger partial charge is 0.465 e. The quantitative estimate of drug-likeness (QED) is 0.447. The van der Waals surface area contributed by atoms with Gasteiger partial charge in [-0.25, -0.2) is 4.79 Å². The molecule has 0 saturated carbocycles. The van der Waals surface area contributed by atoms with E-state index in [1.807, 2.05) is 18.2 Å². The van der Waals surface area contributed by atoms with Gasteiger partial charge in [-0.3, -0.25) is 0 Å². The standard InChI is InChI=1S/C14H8IO3/c1-17-14(16)10-7-6-9-8-4-2-3-5-11(8)18-13(9)12(10)15/h2,4-7H,1H3/q+1. The van der Waals surface area contributed by atoms with Gasteiger partial charge in [0.05, 0.1) is 27.7 Å². The molecule has 1 aromatic heterocycles. The van der Waals surface area contributed by atoms with Gasteiger partial charge in [-0.05, 0) is 34.7 Å². The molecule has 88 valence electrons. The fourth-order valence-corrected chi connectivity index (χ4v) is 2.77. The number of furan rings is 1. The minimum Gasteiger partial charge on any atom is -0.465 e. The van der Waals surface area contributed by atoms with Gasteiger partial charge in [-0.2, -0.15) is 0 Å². The summed E-state index contributed by atoms with van der Waals surface area (Å²) in [6.45, 7) is 0. The van der Waals surface area contributed by atoms with Crippen molar-refractivity contribution >= 4 is 51.7 Å². The molecule has 0 spiro atoms. The fourth-order valence-electron chi connectivity index (χ4n) is 1.97. The van der Waals surface area contributed by atoms with Crippen molar-refractivity contribution in [2.75, 3.05) is 7.11 Å². The lowest BCUT2D eigenvalue weighted by Gasteiger charge is -2.01. The number of benzene rings is 1. The van der Waals surface area contributed by atoms with Gasteiger partial charge >= 0.3 is 5.97 Å². The van der Waals surface area contributed by atoms with Crippen LogP contribution in [0.4, 0.5) is 0 Å². The maximum absolute atomic E-state index is 11.6. The van der Waals surface area contributed by atoms with Crippen LogP contribution in [0.3, 0.4) is 0 Å². The monoisotopic (exact) mass is 351 g/mol. The van der Waals surface area contributed by atoms with E-state index < -0.39 is 0 Å². The van der Waals surface area contributed by atoms with E-state index in [1.54, 1.807) is 12.1 Å². The van der Waals surface area contributed by atoms with Crippen molar-refractivity contribution in [1.29, 1.82) is 0 Å². The molecular formula is C14H8IO3+. The predicted molar refractivity (Wildman–Crippen MR) is 77.0 cm³/mol. The van der Waals surface area contributed by atoms with Crippen LogP contribution in [0.15, 0.2) is 22.6 Å². The number of carbonyl (C=O) groups is 1. The van der Waals surface area contributed by atoms with Crippen LogP contribution in [0.5, 0.6) is 0 Å². The third kappa shape index (κ3) is 1.57. The molecule has 1 heterocycles. The Kier molecular flexibility index (Phi) is 2.69. The molecule has 0 saturated heterocycles. The molecule has 1 aliphatic carbocycles. The summed E-state index contributed by atoms with van der Waals surface area (Å²) in [6.07, 6.45) is 8.57. The van der Waals surface area contributed by atoms with E-state index in [9.17, 15) is 4.79 Å². The Morgan fingerprint density at radius 3 is 3.06 bits per heavy atom. The van der Waals surface area contributed by atoms with Crippen molar-refractivity contribution in [1.82, 2.24) is 0 Å². The number of hydrogen-bond donors (Lipinski definition) is 0. The average molecular weight is 351 g/mol. The van der Waals surface area contributed by atoms with Gasteiger partial charge in [0, 0.05) is 6.08 Å². The van der Waals surface area contributed by atoms with Gasteiger partial charge in [-0.1, -0.05) is 0 Å². The van der Waals surface area contributed by atoms with E-state index in [0.717, 1.165) is 20.3 Å². The van der Waals surface area contributed by atoms with Gasteiger partial charge in [-0.15, -0.1) is 0 Å². The maximum atomic E-state index is 11.6. The highest BCUT2D eigenvalue weighted by Gasteiger charge is 2.23. The minimum atomic E-state index is -0.353. The fraction of sp³-hybridized carbons (Fsp3) is 0.0714. The van der Waals surface area contributed by atoms with Gasteiger partial charge in [0.25, 0.3) is 0 Å². The third-order valence-electron chi connectivity index (χ3n) is 2.83. The van der Waals surface area contributed by atoms with Crippen molar-refractivity contribution in [2.45, 2.75) is 0 Å². The summed E-state index contributed by atoms with van der Waals surface area (Å²) in [5.41, 5.74) is 2.26. The number of methoxy groups -OCH3 is 1. The van der Waals surface area contributed by atoms with Gasteiger partial charge in [0.15, 0.2) is 5.58 Å². The Hall–Kier alpha value is -1.65. The summed E-state index contributed by atoms with van der Waals surface area (Å²) in [7, 11) is 1.37. The van der Waals surface area contributed by atoms with Crippen LogP contribution in [0, 0.1) is 9.65 Å². The molecule has 3 rings (SSSR count). The van der Waals surface area contributed by atoms with E-state index in [0.29, 0.717) is 11.1 Å². The first-order valence-electron chi connectivity index (χ1n) is 5.31. The summed E-state index contributed by atoms with van der Waals surface area (Å²) in [5.74, 6) is 0.417. The molecule has 0 unspecified atom stereocenters. The zero-order chi connectivity index (χ0) is 12.7. The molecule has 3 nitrogen and oxygen atoms in total. The van der Waals surface area contributed by atoms with Crippen LogP contribution in [0.25, 0.3) is 23.1 Å². The number of fused-ring (bicyclic) bond motifs is 3. The molecule has 0 radical (unpaired) electrons. The summed E-state index contributed by atoms with van der Waals surface area (Å²) in [5, 5.41) is 0.996. The number of halogens is 1. The summed E-state index contributed by atoms with van der Waals surface area (Å²) in [4.78, 5) is 11.6. The van der Waals surface area contributed by atoms with Gasteiger partial charge < -0.3 is 9.15 Å². The highest BCUT2D eigenvalue weighted by atomic mass is 127. The predicted octanol–water partition coefficient (Wildman–Crippen LogP) is 3.67. The number of hydrogen-bond acceptors (Lipinski definition) is 3. The first-order valence-corrected chi connectivity index (χ1v) is 6.39. The first-order chi connectivity index (χ1) is 8.72. The molecular weight excluding hydrogens is 343 g/mol. The van der Waals surface area contributed by atoms with Crippen molar-refractivity contribution < 1.29 is 13.9 Å². The van der Waals surface area contributed by atoms with Crippen molar-refractivity contribution in [3.05, 3.63) is 44.7 Å². The summed E-state index contributed by atoms with van der Waals surface area (Å²) in [6, 6.07) is 3.65. The van der Waals surface area contributed by atoms with E-state index in [-0.39, 0.29) is 5.97 Å². The van der Waals surface area contributed by atoms with Crippen LogP contribution < -0.4 is 0 Å². The smallest absolute Gasteiger partial charge is 0.339 e. The molecule has 18 heavy (non-hydrogen) atoms. The topological polar surface area (TPSA) is 39.4 Å². The first kappa shape index (κ1) is 11.4. The average Bonchev–Trinajstić information content (AvgIpc) is 2.78. The number of esters is 1. The molecule has 0 atom stereocenters. The highest BCUT2D eigenvalue weighted by molar-refractivity contribution is 14.1. The summed E-state index contributed by atoms with van der Waals surface area (Å²) >= 11 is 2.11. The molecule has 1 aliphatic rings. The number of ether oxygens (including phenoxy) is 1. The zero-order valence-corrected chi connectivity index (χ0v) is 11.6. The Balaban J connectivity index is 2.31. The summed E-state index contributed by atoms with van der Waals surface area (Å²) < 4.78 is 11.3. The van der Waals surface area contributed by atoms with Crippen LogP contribution in [0.2, 0.25) is 0 Å². The zero-order valence-electron chi connectivity index (χ0n) is 9.49. The third-order valence-corrected chi connectivity index (χ3v) is 3.90. The van der Waals surface area contributed by atoms with Crippen LogP contribution in [-0.2, 0) is 4.74 Å². The van der Waals surface area contributed by atoms with Crippen LogP contribution in [0.1, 0.15) is 21.7 Å². The van der Waals surface area contributed by atoms with E-state index in [4.69, 9.17) is 9.15 Å². The molecule has 0 fully saturated rings. The van der Waals surface area contributed by atoms with Crippen LogP contribution in [-0.4, -0.2) is 13.1 Å². The van der Waals surface area contributed by atoms with Crippen molar-refractivity contribution in [3.8, 4) is 0 Å². The number of carbonyl (C=O) groups excluding carboxylic acids is 1. The molecule has 0 amide bonds. The molecule has 0 N–H and O–H groups in total. The second kappa shape index (κ2) is 4.23. The molecule has 2 aromatic rings. The Bertz CT molecular complexity index is 707.